The van der Waals surface area contributed by atoms with Crippen molar-refractivity contribution in [2.24, 2.45) is 0 Å². The van der Waals surface area contributed by atoms with Gasteiger partial charge in [-0.1, -0.05) is 0 Å². The molecule has 37 heavy (non-hydrogen) atoms. The van der Waals surface area contributed by atoms with E-state index in [2.05, 4.69) is 19.9 Å². The molecule has 0 atom stereocenters. The SMILES string of the molecule is O=C1NCC(c2cnc3cnccn23)=C1c1cn2c3c(cc(F)cc13)CN(C(=O)N1CCCCC1)CC2. The minimum Gasteiger partial charge on any atom is -0.348 e. The lowest BCUT2D eigenvalue weighted by Gasteiger charge is -2.32. The second-order valence-electron chi connectivity index (χ2n) is 9.93. The molecule has 1 fully saturated rings. The van der Waals surface area contributed by atoms with Crippen LogP contribution in [0.5, 0.6) is 0 Å². The Morgan fingerprint density at radius 2 is 1.89 bits per heavy atom. The predicted molar refractivity (Wildman–Crippen MR) is 136 cm³/mol. The summed E-state index contributed by atoms with van der Waals surface area (Å²) >= 11 is 0. The summed E-state index contributed by atoms with van der Waals surface area (Å²) in [6.45, 7) is 3.33. The van der Waals surface area contributed by atoms with Gasteiger partial charge in [-0.3, -0.25) is 14.2 Å². The monoisotopic (exact) mass is 499 g/mol. The highest BCUT2D eigenvalue weighted by molar-refractivity contribution is 6.32. The number of halogens is 1. The second-order valence-corrected chi connectivity index (χ2v) is 9.93. The number of amides is 3. The highest BCUT2D eigenvalue weighted by atomic mass is 19.1. The summed E-state index contributed by atoms with van der Waals surface area (Å²) in [5.41, 5.74) is 5.15. The third-order valence-corrected chi connectivity index (χ3v) is 7.74. The molecule has 0 aliphatic carbocycles. The van der Waals surface area contributed by atoms with Crippen molar-refractivity contribution in [1.82, 2.24) is 34.1 Å². The summed E-state index contributed by atoms with van der Waals surface area (Å²) in [5, 5.41) is 3.63. The molecule has 0 radical (unpaired) electrons. The van der Waals surface area contributed by atoms with Crippen molar-refractivity contribution in [3.8, 4) is 0 Å². The van der Waals surface area contributed by atoms with Gasteiger partial charge in [-0.25, -0.2) is 14.2 Å². The van der Waals surface area contributed by atoms with Gasteiger partial charge in [0.15, 0.2) is 5.65 Å². The van der Waals surface area contributed by atoms with Gasteiger partial charge >= 0.3 is 6.03 Å². The molecule has 3 aliphatic heterocycles. The van der Waals surface area contributed by atoms with E-state index in [1.807, 2.05) is 26.6 Å². The van der Waals surface area contributed by atoms with Gasteiger partial charge in [0.2, 0.25) is 0 Å². The molecule has 1 saturated heterocycles. The number of imidazole rings is 1. The van der Waals surface area contributed by atoms with Crippen molar-refractivity contribution < 1.29 is 14.0 Å². The Morgan fingerprint density at radius 1 is 1.03 bits per heavy atom. The molecule has 1 N–H and O–H groups in total. The van der Waals surface area contributed by atoms with Crippen LogP contribution in [0.25, 0.3) is 27.7 Å². The van der Waals surface area contributed by atoms with Gasteiger partial charge in [-0.05, 0) is 37.0 Å². The van der Waals surface area contributed by atoms with Crippen molar-refractivity contribution in [2.75, 3.05) is 26.2 Å². The molecule has 7 rings (SSSR count). The van der Waals surface area contributed by atoms with E-state index in [4.69, 9.17) is 0 Å². The topological polar surface area (TPSA) is 87.8 Å². The lowest BCUT2D eigenvalue weighted by Crippen LogP contribution is -2.45. The van der Waals surface area contributed by atoms with Crippen LogP contribution < -0.4 is 5.32 Å². The fourth-order valence-electron chi connectivity index (χ4n) is 6.00. The molecule has 10 heteroatoms. The number of urea groups is 1. The second kappa shape index (κ2) is 8.43. The molecule has 0 spiro atoms. The summed E-state index contributed by atoms with van der Waals surface area (Å²) in [4.78, 5) is 38.7. The number of benzene rings is 1. The number of fused-ring (bicyclic) bond motifs is 1. The van der Waals surface area contributed by atoms with Crippen LogP contribution >= 0.6 is 0 Å². The normalized spacial score (nSPS) is 18.1. The average Bonchev–Trinajstić information content (AvgIpc) is 3.57. The van der Waals surface area contributed by atoms with Crippen molar-refractivity contribution >= 4 is 39.6 Å². The number of hydrogen-bond acceptors (Lipinski definition) is 4. The van der Waals surface area contributed by atoms with Crippen LogP contribution in [0.15, 0.2) is 43.1 Å². The fourth-order valence-corrected chi connectivity index (χ4v) is 6.00. The summed E-state index contributed by atoms with van der Waals surface area (Å²) in [5.74, 6) is -0.571. The maximum atomic E-state index is 15.0. The third-order valence-electron chi connectivity index (χ3n) is 7.74. The van der Waals surface area contributed by atoms with E-state index in [-0.39, 0.29) is 17.8 Å². The molecule has 0 unspecified atom stereocenters. The molecule has 9 nitrogen and oxygen atoms in total. The van der Waals surface area contributed by atoms with E-state index in [1.165, 1.54) is 12.1 Å². The summed E-state index contributed by atoms with van der Waals surface area (Å²) in [6.07, 6.45) is 12.0. The summed E-state index contributed by atoms with van der Waals surface area (Å²) < 4.78 is 19.0. The lowest BCUT2D eigenvalue weighted by molar-refractivity contribution is -0.114. The Labute approximate surface area is 212 Å². The minimum atomic E-state index is -0.379. The lowest BCUT2D eigenvalue weighted by atomic mass is 9.98. The Morgan fingerprint density at radius 3 is 2.76 bits per heavy atom. The number of hydrogen-bond donors (Lipinski definition) is 1. The van der Waals surface area contributed by atoms with E-state index in [1.54, 1.807) is 18.6 Å². The molecule has 3 aromatic heterocycles. The fraction of sp³-hybridized carbons (Fsp3) is 0.333. The third kappa shape index (κ3) is 3.50. The Balaban J connectivity index is 1.34. The van der Waals surface area contributed by atoms with Gasteiger partial charge in [-0.2, -0.15) is 0 Å². The molecule has 0 bridgehead atoms. The van der Waals surface area contributed by atoms with Gasteiger partial charge in [0.25, 0.3) is 5.91 Å². The van der Waals surface area contributed by atoms with Crippen molar-refractivity contribution in [2.45, 2.75) is 32.4 Å². The molecule has 0 saturated carbocycles. The molecular weight excluding hydrogens is 473 g/mol. The standard InChI is InChI=1S/C27H26FN7O2/c28-18-10-17-15-34(27(37)32-5-2-1-3-6-32)9-8-33-16-21(19(11-18)25(17)33)24-20(12-31-26(24)36)22-13-30-23-14-29-4-7-35(22)23/h4,7,10-11,13-14,16H,1-3,5-6,8-9,12,15H2,(H,31,36). The van der Waals surface area contributed by atoms with Gasteiger partial charge in [0, 0.05) is 74.4 Å². The quantitative estimate of drug-likeness (QED) is 0.459. The van der Waals surface area contributed by atoms with Crippen molar-refractivity contribution in [3.05, 3.63) is 65.8 Å². The molecule has 3 aliphatic rings. The first-order chi connectivity index (χ1) is 18.1. The summed E-state index contributed by atoms with van der Waals surface area (Å²) in [6, 6.07) is 3.04. The molecule has 4 aromatic rings. The molecular formula is C27H26FN7O2. The van der Waals surface area contributed by atoms with Gasteiger partial charge in [0.05, 0.1) is 29.2 Å². The van der Waals surface area contributed by atoms with Crippen LogP contribution in [0.4, 0.5) is 9.18 Å². The molecule has 188 valence electrons. The number of carbonyl (C=O) groups excluding carboxylic acids is 2. The predicted octanol–water partition coefficient (Wildman–Crippen LogP) is 3.29. The minimum absolute atomic E-state index is 0.0188. The first kappa shape index (κ1) is 22.0. The van der Waals surface area contributed by atoms with E-state index in [0.717, 1.165) is 54.7 Å². The van der Waals surface area contributed by atoms with Gasteiger partial charge < -0.3 is 19.7 Å². The Bertz CT molecular complexity index is 1610. The van der Waals surface area contributed by atoms with Crippen LogP contribution in [0.2, 0.25) is 0 Å². The first-order valence-electron chi connectivity index (χ1n) is 12.7. The van der Waals surface area contributed by atoms with Gasteiger partial charge in [-0.15, -0.1) is 0 Å². The van der Waals surface area contributed by atoms with E-state index >= 15 is 4.39 Å². The van der Waals surface area contributed by atoms with Crippen molar-refractivity contribution in [1.29, 1.82) is 0 Å². The first-order valence-corrected chi connectivity index (χ1v) is 12.7. The van der Waals surface area contributed by atoms with E-state index < -0.39 is 0 Å². The van der Waals surface area contributed by atoms with Crippen LogP contribution in [0.1, 0.15) is 36.1 Å². The van der Waals surface area contributed by atoms with Crippen LogP contribution in [-0.4, -0.2) is 66.9 Å². The highest BCUT2D eigenvalue weighted by Gasteiger charge is 2.32. The highest BCUT2D eigenvalue weighted by Crippen LogP contribution is 2.38. The Kier molecular flexibility index (Phi) is 5.02. The van der Waals surface area contributed by atoms with E-state index in [0.29, 0.717) is 48.3 Å². The molecule has 1 aromatic carbocycles. The number of likely N-dealkylation sites (tertiary alicyclic amines) is 1. The molecule has 3 amide bonds. The number of piperidine rings is 1. The van der Waals surface area contributed by atoms with Crippen LogP contribution in [-0.2, 0) is 17.9 Å². The zero-order valence-corrected chi connectivity index (χ0v) is 20.3. The largest absolute Gasteiger partial charge is 0.348 e. The average molecular weight is 500 g/mol. The maximum Gasteiger partial charge on any atom is 0.320 e. The van der Waals surface area contributed by atoms with Gasteiger partial charge in [0.1, 0.15) is 5.82 Å². The Hall–Kier alpha value is -4.21. The number of carbonyl (C=O) groups is 2. The number of aromatic nitrogens is 4. The van der Waals surface area contributed by atoms with E-state index in [9.17, 15) is 9.59 Å². The zero-order chi connectivity index (χ0) is 25.1. The number of nitrogens with one attached hydrogen (secondary N) is 1. The smallest absolute Gasteiger partial charge is 0.320 e. The van der Waals surface area contributed by atoms with Crippen LogP contribution in [0.3, 0.4) is 0 Å². The number of nitrogens with zero attached hydrogens (tertiary/aromatic N) is 6. The maximum absolute atomic E-state index is 15.0. The summed E-state index contributed by atoms with van der Waals surface area (Å²) in [7, 11) is 0. The zero-order valence-electron chi connectivity index (χ0n) is 20.3. The molecule has 6 heterocycles. The van der Waals surface area contributed by atoms with Crippen molar-refractivity contribution in [3.63, 3.8) is 0 Å². The van der Waals surface area contributed by atoms with Crippen LogP contribution in [0, 0.1) is 5.82 Å². The number of rotatable bonds is 2.